The van der Waals surface area contributed by atoms with E-state index >= 15 is 0 Å². The first kappa shape index (κ1) is 25.8. The third-order valence-corrected chi connectivity index (χ3v) is 6.42. The van der Waals surface area contributed by atoms with E-state index in [4.69, 9.17) is 26.8 Å². The van der Waals surface area contributed by atoms with Gasteiger partial charge in [0.15, 0.2) is 5.79 Å². The Morgan fingerprint density at radius 1 is 1.16 bits per heavy atom. The number of benzene rings is 2. The van der Waals surface area contributed by atoms with Crippen molar-refractivity contribution >= 4 is 53.9 Å². The van der Waals surface area contributed by atoms with E-state index in [9.17, 15) is 0 Å². The molecule has 2 N–H and O–H groups in total. The van der Waals surface area contributed by atoms with Gasteiger partial charge in [-0.1, -0.05) is 35.9 Å². The molecule has 0 bridgehead atoms. The Bertz CT molecular complexity index is 928. The Morgan fingerprint density at radius 3 is 2.65 bits per heavy atom. The fourth-order valence-corrected chi connectivity index (χ4v) is 4.50. The molecule has 2 atom stereocenters. The Kier molecular flexibility index (Phi) is 10.0. The SMILES string of the molecule is Cl.Cl.Nc1ccccc1SC[C@H]1CO[C@@](CCc2ccc(Cl)cc2)(Cn2ccnc2)O1. The van der Waals surface area contributed by atoms with E-state index in [2.05, 4.69) is 4.98 Å². The number of halogens is 3. The predicted molar refractivity (Wildman–Crippen MR) is 132 cm³/mol. The van der Waals surface area contributed by atoms with E-state index in [1.54, 1.807) is 24.3 Å². The van der Waals surface area contributed by atoms with Crippen molar-refractivity contribution < 1.29 is 9.47 Å². The fraction of sp³-hybridized carbons (Fsp3) is 0.318. The number of nitrogen functional groups attached to an aromatic ring is 1. The van der Waals surface area contributed by atoms with Crippen LogP contribution in [0.25, 0.3) is 0 Å². The lowest BCUT2D eigenvalue weighted by Gasteiger charge is -2.28. The van der Waals surface area contributed by atoms with Crippen molar-refractivity contribution in [2.45, 2.75) is 36.2 Å². The number of nitrogens with two attached hydrogens (primary N) is 1. The molecule has 0 radical (unpaired) electrons. The molecule has 0 unspecified atom stereocenters. The summed E-state index contributed by atoms with van der Waals surface area (Å²) in [7, 11) is 0. The number of imidazole rings is 1. The summed E-state index contributed by atoms with van der Waals surface area (Å²) >= 11 is 7.71. The normalized spacial score (nSPS) is 20.1. The molecule has 9 heteroatoms. The molecule has 0 amide bonds. The highest BCUT2D eigenvalue weighted by Crippen LogP contribution is 2.34. The summed E-state index contributed by atoms with van der Waals surface area (Å²) in [5.74, 6) is 0.120. The summed E-state index contributed by atoms with van der Waals surface area (Å²) in [6, 6.07) is 15.8. The number of aromatic nitrogens is 2. The standard InChI is InChI=1S/C22H24ClN3O2S.2ClH/c23-18-7-5-17(6-8-18)9-10-22(15-26-12-11-25-16-26)27-13-19(28-22)14-29-21-4-2-1-3-20(21)24;;/h1-8,11-12,16,19H,9-10,13-15,24H2;2*1H/t19-,22-;;/m1../s1. The van der Waals surface area contributed by atoms with E-state index in [1.165, 1.54) is 5.56 Å². The van der Waals surface area contributed by atoms with Crippen molar-refractivity contribution in [2.24, 2.45) is 0 Å². The van der Waals surface area contributed by atoms with Gasteiger partial charge in [0, 0.05) is 40.2 Å². The van der Waals surface area contributed by atoms with Crippen LogP contribution in [-0.2, 0) is 22.4 Å². The van der Waals surface area contributed by atoms with Gasteiger partial charge in [0.05, 0.1) is 25.6 Å². The van der Waals surface area contributed by atoms with Gasteiger partial charge in [-0.15, -0.1) is 36.6 Å². The first-order valence-corrected chi connectivity index (χ1v) is 11.0. The van der Waals surface area contributed by atoms with Gasteiger partial charge < -0.3 is 19.8 Å². The molecule has 5 nitrogen and oxygen atoms in total. The minimum Gasteiger partial charge on any atom is -0.398 e. The molecular weight excluding hydrogens is 477 g/mol. The van der Waals surface area contributed by atoms with Crippen LogP contribution in [0, 0.1) is 0 Å². The first-order valence-electron chi connectivity index (χ1n) is 9.61. The van der Waals surface area contributed by atoms with Crippen molar-refractivity contribution in [3.05, 3.63) is 77.8 Å². The first-order chi connectivity index (χ1) is 14.1. The summed E-state index contributed by atoms with van der Waals surface area (Å²) in [4.78, 5) is 5.22. The minimum absolute atomic E-state index is 0. The van der Waals surface area contributed by atoms with Gasteiger partial charge in [-0.3, -0.25) is 0 Å². The van der Waals surface area contributed by atoms with E-state index in [0.29, 0.717) is 13.2 Å². The number of hydrogen-bond acceptors (Lipinski definition) is 5. The molecule has 168 valence electrons. The molecule has 1 aliphatic rings. The number of anilines is 1. The zero-order valence-electron chi connectivity index (χ0n) is 16.9. The quantitative estimate of drug-likeness (QED) is 0.325. The number of hydrogen-bond donors (Lipinski definition) is 1. The van der Waals surface area contributed by atoms with Crippen molar-refractivity contribution in [2.75, 3.05) is 18.1 Å². The van der Waals surface area contributed by atoms with Crippen LogP contribution in [0.15, 0.2) is 72.1 Å². The lowest BCUT2D eigenvalue weighted by atomic mass is 10.0. The molecule has 0 aliphatic carbocycles. The van der Waals surface area contributed by atoms with E-state index in [1.807, 2.05) is 59.3 Å². The monoisotopic (exact) mass is 501 g/mol. The van der Waals surface area contributed by atoms with Gasteiger partial charge in [-0.25, -0.2) is 4.98 Å². The van der Waals surface area contributed by atoms with Crippen molar-refractivity contribution in [3.8, 4) is 0 Å². The molecule has 31 heavy (non-hydrogen) atoms. The zero-order valence-corrected chi connectivity index (χ0v) is 20.1. The summed E-state index contributed by atoms with van der Waals surface area (Å²) < 4.78 is 14.7. The molecule has 3 aromatic rings. The van der Waals surface area contributed by atoms with Crippen molar-refractivity contribution in [1.82, 2.24) is 9.55 Å². The van der Waals surface area contributed by atoms with Crippen LogP contribution in [0.2, 0.25) is 5.02 Å². The van der Waals surface area contributed by atoms with Gasteiger partial charge in [-0.2, -0.15) is 0 Å². The molecule has 1 saturated heterocycles. The molecule has 4 rings (SSSR count). The van der Waals surface area contributed by atoms with Crippen LogP contribution in [0.5, 0.6) is 0 Å². The maximum absolute atomic E-state index is 6.47. The van der Waals surface area contributed by atoms with Crippen LogP contribution >= 0.6 is 48.2 Å². The highest BCUT2D eigenvalue weighted by Gasteiger charge is 2.41. The number of ether oxygens (including phenoxy) is 2. The molecule has 1 aromatic heterocycles. The second-order valence-electron chi connectivity index (χ2n) is 7.17. The van der Waals surface area contributed by atoms with E-state index in [0.717, 1.165) is 34.2 Å². The van der Waals surface area contributed by atoms with Crippen molar-refractivity contribution in [1.29, 1.82) is 0 Å². The third-order valence-electron chi connectivity index (χ3n) is 4.95. The lowest BCUT2D eigenvalue weighted by molar-refractivity contribution is -0.180. The lowest BCUT2D eigenvalue weighted by Crippen LogP contribution is -2.37. The third kappa shape index (κ3) is 7.04. The van der Waals surface area contributed by atoms with E-state index < -0.39 is 5.79 Å². The topological polar surface area (TPSA) is 62.3 Å². The highest BCUT2D eigenvalue weighted by molar-refractivity contribution is 7.99. The molecule has 2 heterocycles. The van der Waals surface area contributed by atoms with Crippen LogP contribution in [0.1, 0.15) is 12.0 Å². The van der Waals surface area contributed by atoms with Crippen LogP contribution in [0.3, 0.4) is 0 Å². The average molecular weight is 503 g/mol. The van der Waals surface area contributed by atoms with Crippen molar-refractivity contribution in [3.63, 3.8) is 0 Å². The number of para-hydroxylation sites is 1. The smallest absolute Gasteiger partial charge is 0.187 e. The Hall–Kier alpha value is -1.41. The Balaban J connectivity index is 0.00000171. The number of nitrogens with zero attached hydrogens (tertiary/aromatic N) is 2. The van der Waals surface area contributed by atoms with Crippen LogP contribution in [-0.4, -0.2) is 33.8 Å². The highest BCUT2D eigenvalue weighted by atomic mass is 35.5. The number of rotatable bonds is 8. The van der Waals surface area contributed by atoms with Gasteiger partial charge >= 0.3 is 0 Å². The maximum atomic E-state index is 6.47. The Morgan fingerprint density at radius 2 is 1.94 bits per heavy atom. The Labute approximate surface area is 204 Å². The van der Waals surface area contributed by atoms with E-state index in [-0.39, 0.29) is 30.9 Å². The van der Waals surface area contributed by atoms with Gasteiger partial charge in [0.25, 0.3) is 0 Å². The van der Waals surface area contributed by atoms with Crippen LogP contribution < -0.4 is 5.73 Å². The van der Waals surface area contributed by atoms with Crippen LogP contribution in [0.4, 0.5) is 5.69 Å². The summed E-state index contributed by atoms with van der Waals surface area (Å²) in [6.07, 6.45) is 7.10. The summed E-state index contributed by atoms with van der Waals surface area (Å²) in [5.41, 5.74) is 8.06. The van der Waals surface area contributed by atoms with Gasteiger partial charge in [0.2, 0.25) is 0 Å². The van der Waals surface area contributed by atoms with Gasteiger partial charge in [0.1, 0.15) is 0 Å². The predicted octanol–water partition coefficient (Wildman–Crippen LogP) is 5.50. The second kappa shape index (κ2) is 12.0. The summed E-state index contributed by atoms with van der Waals surface area (Å²) in [6.45, 7) is 1.17. The minimum atomic E-state index is -0.673. The second-order valence-corrected chi connectivity index (χ2v) is 8.67. The average Bonchev–Trinajstić information content (AvgIpc) is 3.38. The molecule has 2 aromatic carbocycles. The maximum Gasteiger partial charge on any atom is 0.187 e. The van der Waals surface area contributed by atoms with Gasteiger partial charge in [-0.05, 0) is 36.2 Å². The zero-order chi connectivity index (χ0) is 20.1. The number of thioether (sulfide) groups is 1. The molecule has 0 saturated carbocycles. The fourth-order valence-electron chi connectivity index (χ4n) is 3.43. The largest absolute Gasteiger partial charge is 0.398 e. The molecule has 1 fully saturated rings. The summed E-state index contributed by atoms with van der Waals surface area (Å²) in [5, 5.41) is 0.743. The molecule has 1 aliphatic heterocycles. The molecule has 0 spiro atoms. The number of aryl methyl sites for hydroxylation is 1. The molecular formula is C22H26Cl3N3O2S.